The largest absolute Gasteiger partial charge is 0.489 e. The molecule has 40 heavy (non-hydrogen) atoms. The van der Waals surface area contributed by atoms with Gasteiger partial charge >= 0.3 is 0 Å². The number of morpholine rings is 1. The average molecular weight is 542 g/mol. The third kappa shape index (κ3) is 6.78. The van der Waals surface area contributed by atoms with E-state index in [0.717, 1.165) is 5.56 Å². The van der Waals surface area contributed by atoms with Crippen LogP contribution in [0.15, 0.2) is 79.3 Å². The summed E-state index contributed by atoms with van der Waals surface area (Å²) in [6.45, 7) is 4.41. The molecule has 2 aromatic heterocycles. The van der Waals surface area contributed by atoms with Gasteiger partial charge in [-0.25, -0.2) is 4.39 Å². The molecule has 204 valence electrons. The molecule has 4 aromatic rings. The van der Waals surface area contributed by atoms with Crippen LogP contribution in [0.25, 0.3) is 0 Å². The van der Waals surface area contributed by atoms with Crippen LogP contribution >= 0.6 is 0 Å². The first-order valence-corrected chi connectivity index (χ1v) is 12.8. The normalized spacial score (nSPS) is 13.0. The van der Waals surface area contributed by atoms with Gasteiger partial charge in [0, 0.05) is 48.0 Å². The summed E-state index contributed by atoms with van der Waals surface area (Å²) in [5.41, 5.74) is 3.41. The zero-order valence-electron chi connectivity index (χ0n) is 21.9. The smallest absolute Gasteiger partial charge is 0.257 e. The van der Waals surface area contributed by atoms with Crippen molar-refractivity contribution in [2.45, 2.75) is 13.5 Å². The Morgan fingerprint density at radius 1 is 0.975 bits per heavy atom. The van der Waals surface area contributed by atoms with Gasteiger partial charge in [0.2, 0.25) is 0 Å². The maximum Gasteiger partial charge on any atom is 0.257 e. The number of rotatable bonds is 8. The number of nitrogens with one attached hydrogen (secondary N) is 2. The maximum absolute atomic E-state index is 14.3. The number of anilines is 3. The summed E-state index contributed by atoms with van der Waals surface area (Å²) in [7, 11) is 0. The molecule has 10 heteroatoms. The van der Waals surface area contributed by atoms with Gasteiger partial charge in [-0.2, -0.15) is 0 Å². The zero-order valence-corrected chi connectivity index (χ0v) is 21.9. The highest BCUT2D eigenvalue weighted by atomic mass is 19.1. The SMILES string of the molecule is Cc1ncc(NC(=O)c2cc(F)cc(N3CCOCC3)c2)cc1C(=O)Nc1ccc(OCc2cccnc2)cc1. The number of benzene rings is 2. The molecule has 3 heterocycles. The molecule has 0 unspecified atom stereocenters. The van der Waals surface area contributed by atoms with E-state index in [1.807, 2.05) is 17.0 Å². The quantitative estimate of drug-likeness (QED) is 0.329. The molecule has 2 N–H and O–H groups in total. The van der Waals surface area contributed by atoms with Crippen molar-refractivity contribution in [1.82, 2.24) is 9.97 Å². The van der Waals surface area contributed by atoms with Gasteiger partial charge in [0.15, 0.2) is 0 Å². The van der Waals surface area contributed by atoms with Gasteiger partial charge in [0.1, 0.15) is 18.2 Å². The summed E-state index contributed by atoms with van der Waals surface area (Å²) >= 11 is 0. The number of aromatic nitrogens is 2. The van der Waals surface area contributed by atoms with E-state index in [9.17, 15) is 14.0 Å². The highest BCUT2D eigenvalue weighted by Gasteiger charge is 2.17. The minimum Gasteiger partial charge on any atom is -0.489 e. The van der Waals surface area contributed by atoms with E-state index in [-0.39, 0.29) is 11.5 Å². The summed E-state index contributed by atoms with van der Waals surface area (Å²) in [6.07, 6.45) is 4.90. The summed E-state index contributed by atoms with van der Waals surface area (Å²) in [5, 5.41) is 5.57. The Hall–Kier alpha value is -4.83. The van der Waals surface area contributed by atoms with Crippen LogP contribution in [-0.4, -0.2) is 48.1 Å². The Morgan fingerprint density at radius 3 is 2.50 bits per heavy atom. The molecule has 0 spiro atoms. The molecule has 2 aromatic carbocycles. The van der Waals surface area contributed by atoms with Crippen molar-refractivity contribution in [3.05, 3.63) is 107 Å². The van der Waals surface area contributed by atoms with Crippen LogP contribution in [-0.2, 0) is 11.3 Å². The average Bonchev–Trinajstić information content (AvgIpc) is 2.98. The number of pyridine rings is 2. The van der Waals surface area contributed by atoms with Crippen molar-refractivity contribution >= 4 is 28.9 Å². The second-order valence-corrected chi connectivity index (χ2v) is 9.24. The summed E-state index contributed by atoms with van der Waals surface area (Å²) in [5.74, 6) is -0.748. The predicted octanol–water partition coefficient (Wildman–Crippen LogP) is 4.84. The molecular formula is C30H28FN5O4. The third-order valence-electron chi connectivity index (χ3n) is 6.35. The van der Waals surface area contributed by atoms with Crippen LogP contribution in [0.4, 0.5) is 21.5 Å². The second-order valence-electron chi connectivity index (χ2n) is 9.24. The lowest BCUT2D eigenvalue weighted by Gasteiger charge is -2.29. The minimum atomic E-state index is -0.510. The Kier molecular flexibility index (Phi) is 8.26. The van der Waals surface area contributed by atoms with E-state index < -0.39 is 11.7 Å². The number of halogens is 1. The first-order valence-electron chi connectivity index (χ1n) is 12.8. The van der Waals surface area contributed by atoms with Crippen LogP contribution in [0.5, 0.6) is 5.75 Å². The highest BCUT2D eigenvalue weighted by Crippen LogP contribution is 2.22. The molecule has 1 aliphatic rings. The van der Waals surface area contributed by atoms with E-state index in [2.05, 4.69) is 20.6 Å². The molecule has 0 atom stereocenters. The Labute approximate surface area is 231 Å². The van der Waals surface area contributed by atoms with Crippen LogP contribution in [0.1, 0.15) is 32.0 Å². The molecule has 9 nitrogen and oxygen atoms in total. The number of hydrogen-bond acceptors (Lipinski definition) is 7. The topological polar surface area (TPSA) is 106 Å². The van der Waals surface area contributed by atoms with Gasteiger partial charge in [0.25, 0.3) is 11.8 Å². The lowest BCUT2D eigenvalue weighted by Crippen LogP contribution is -2.36. The molecule has 2 amide bonds. The van der Waals surface area contributed by atoms with Crippen molar-refractivity contribution in [1.29, 1.82) is 0 Å². The van der Waals surface area contributed by atoms with E-state index in [0.29, 0.717) is 67.0 Å². The van der Waals surface area contributed by atoms with E-state index in [1.54, 1.807) is 55.7 Å². The molecule has 0 radical (unpaired) electrons. The first-order chi connectivity index (χ1) is 19.4. The van der Waals surface area contributed by atoms with Crippen molar-refractivity contribution in [2.75, 3.05) is 41.8 Å². The molecule has 5 rings (SSSR count). The molecule has 1 fully saturated rings. The molecule has 0 aliphatic carbocycles. The van der Waals surface area contributed by atoms with Crippen LogP contribution in [0, 0.1) is 12.7 Å². The Balaban J connectivity index is 1.23. The van der Waals surface area contributed by atoms with Gasteiger partial charge in [-0.15, -0.1) is 0 Å². The molecular weight excluding hydrogens is 513 g/mol. The van der Waals surface area contributed by atoms with Crippen LogP contribution < -0.4 is 20.3 Å². The van der Waals surface area contributed by atoms with Gasteiger partial charge in [-0.1, -0.05) is 6.07 Å². The number of ether oxygens (including phenoxy) is 2. The van der Waals surface area contributed by atoms with E-state index in [4.69, 9.17) is 9.47 Å². The number of hydrogen-bond donors (Lipinski definition) is 2. The number of aryl methyl sites for hydroxylation is 1. The van der Waals surface area contributed by atoms with Gasteiger partial charge in [-0.05, 0) is 61.5 Å². The number of amides is 2. The van der Waals surface area contributed by atoms with Crippen molar-refractivity contribution in [2.24, 2.45) is 0 Å². The number of nitrogens with zero attached hydrogens (tertiary/aromatic N) is 3. The molecule has 1 aliphatic heterocycles. The summed E-state index contributed by atoms with van der Waals surface area (Å²) in [4.78, 5) is 36.3. The fourth-order valence-electron chi connectivity index (χ4n) is 4.23. The summed E-state index contributed by atoms with van der Waals surface area (Å²) in [6, 6.07) is 16.5. The molecule has 0 saturated carbocycles. The van der Waals surface area contributed by atoms with E-state index >= 15 is 0 Å². The number of carbonyl (C=O) groups excluding carboxylic acids is 2. The highest BCUT2D eigenvalue weighted by molar-refractivity contribution is 6.08. The van der Waals surface area contributed by atoms with Crippen molar-refractivity contribution in [3.8, 4) is 5.75 Å². The Bertz CT molecular complexity index is 1490. The predicted molar refractivity (Wildman–Crippen MR) is 149 cm³/mol. The second kappa shape index (κ2) is 12.4. The van der Waals surface area contributed by atoms with Crippen LogP contribution in [0.3, 0.4) is 0 Å². The van der Waals surface area contributed by atoms with Gasteiger partial charge in [0.05, 0.1) is 36.4 Å². The standard InChI is InChI=1S/C30H28FN5O4/c1-20-28(30(38)34-24-4-6-27(7-5-24)40-19-21-3-2-8-32-17-21)16-25(18-33-20)35-29(37)22-13-23(31)15-26(14-22)36-9-11-39-12-10-36/h2-8,13-18H,9-12,19H2,1H3,(H,34,38)(H,35,37). The number of carbonyl (C=O) groups is 2. The van der Waals surface area contributed by atoms with Crippen LogP contribution in [0.2, 0.25) is 0 Å². The third-order valence-corrected chi connectivity index (χ3v) is 6.35. The van der Waals surface area contributed by atoms with Gasteiger partial charge in [-0.3, -0.25) is 19.6 Å². The molecule has 1 saturated heterocycles. The summed E-state index contributed by atoms with van der Waals surface area (Å²) < 4.78 is 25.5. The lowest BCUT2D eigenvalue weighted by molar-refractivity contribution is 0.101. The van der Waals surface area contributed by atoms with Gasteiger partial charge < -0.3 is 25.0 Å². The Morgan fingerprint density at radius 2 is 1.75 bits per heavy atom. The first kappa shape index (κ1) is 26.8. The fourth-order valence-corrected chi connectivity index (χ4v) is 4.23. The van der Waals surface area contributed by atoms with Crippen molar-refractivity contribution in [3.63, 3.8) is 0 Å². The lowest BCUT2D eigenvalue weighted by atomic mass is 10.1. The van der Waals surface area contributed by atoms with E-state index in [1.165, 1.54) is 18.3 Å². The zero-order chi connectivity index (χ0) is 27.9. The maximum atomic E-state index is 14.3. The molecule has 0 bridgehead atoms. The monoisotopic (exact) mass is 541 g/mol. The van der Waals surface area contributed by atoms with Crippen molar-refractivity contribution < 1.29 is 23.5 Å². The minimum absolute atomic E-state index is 0.166. The fraction of sp³-hybridized carbons (Fsp3) is 0.200.